The first-order valence-corrected chi connectivity index (χ1v) is 8.11. The highest BCUT2D eigenvalue weighted by atomic mass is 16.5. The number of hydrogen-bond donors (Lipinski definition) is 1. The zero-order valence-electron chi connectivity index (χ0n) is 12.2. The van der Waals surface area contributed by atoms with Gasteiger partial charge in [-0.2, -0.15) is 5.10 Å². The molecule has 0 aromatic carbocycles. The van der Waals surface area contributed by atoms with Gasteiger partial charge >= 0.3 is 0 Å². The van der Waals surface area contributed by atoms with Crippen LogP contribution in [0.2, 0.25) is 0 Å². The summed E-state index contributed by atoms with van der Waals surface area (Å²) in [6.07, 6.45) is 12.0. The first kappa shape index (κ1) is 14.1. The van der Waals surface area contributed by atoms with E-state index in [0.717, 1.165) is 31.4 Å². The summed E-state index contributed by atoms with van der Waals surface area (Å²) >= 11 is 0. The highest BCUT2D eigenvalue weighted by molar-refractivity contribution is 4.99. The summed E-state index contributed by atoms with van der Waals surface area (Å²) < 4.78 is 8.11. The number of aliphatic hydroxyl groups excluding tert-OH is 1. The Morgan fingerprint density at radius 3 is 2.60 bits per heavy atom. The molecule has 112 valence electrons. The van der Waals surface area contributed by atoms with E-state index in [4.69, 9.17) is 9.84 Å². The first-order valence-electron chi connectivity index (χ1n) is 8.11. The Morgan fingerprint density at radius 2 is 1.90 bits per heavy atom. The van der Waals surface area contributed by atoms with Crippen LogP contribution in [0.15, 0.2) is 12.3 Å². The molecule has 4 heteroatoms. The molecule has 2 aliphatic carbocycles. The van der Waals surface area contributed by atoms with Crippen molar-refractivity contribution in [1.29, 1.82) is 0 Å². The van der Waals surface area contributed by atoms with Gasteiger partial charge in [0.05, 0.1) is 24.4 Å². The molecule has 1 heterocycles. The zero-order valence-corrected chi connectivity index (χ0v) is 12.2. The highest BCUT2D eigenvalue weighted by Crippen LogP contribution is 2.29. The van der Waals surface area contributed by atoms with E-state index in [2.05, 4.69) is 22.0 Å². The van der Waals surface area contributed by atoms with Crippen LogP contribution in [0.25, 0.3) is 0 Å². The van der Waals surface area contributed by atoms with Gasteiger partial charge in [0.2, 0.25) is 0 Å². The van der Waals surface area contributed by atoms with Gasteiger partial charge in [-0.1, -0.05) is 12.8 Å². The van der Waals surface area contributed by atoms with Crippen molar-refractivity contribution < 1.29 is 9.84 Å². The van der Waals surface area contributed by atoms with Crippen LogP contribution in [-0.4, -0.2) is 27.6 Å². The third-order valence-corrected chi connectivity index (χ3v) is 4.88. The molecule has 0 aliphatic heterocycles. The summed E-state index contributed by atoms with van der Waals surface area (Å²) in [4.78, 5) is 0. The standard InChI is InChI=1S/C16H26N2O2/c19-11-13-5-7-16(8-6-13)20-12-14-9-10-18(17-14)15-3-1-2-4-15/h9-10,13,15-16,19H,1-8,11-12H2. The minimum atomic E-state index is 0.332. The molecule has 0 spiro atoms. The van der Waals surface area contributed by atoms with Crippen molar-refractivity contribution in [2.75, 3.05) is 6.61 Å². The molecule has 0 atom stereocenters. The van der Waals surface area contributed by atoms with E-state index in [0.29, 0.717) is 31.3 Å². The molecule has 2 saturated carbocycles. The fourth-order valence-electron chi connectivity index (χ4n) is 3.51. The average Bonchev–Trinajstić information content (AvgIpc) is 3.16. The average molecular weight is 278 g/mol. The van der Waals surface area contributed by atoms with Crippen molar-refractivity contribution in [2.45, 2.75) is 70.1 Å². The highest BCUT2D eigenvalue weighted by Gasteiger charge is 2.21. The summed E-state index contributed by atoms with van der Waals surface area (Å²) in [6.45, 7) is 0.965. The van der Waals surface area contributed by atoms with Gasteiger partial charge < -0.3 is 9.84 Å². The lowest BCUT2D eigenvalue weighted by molar-refractivity contribution is -0.000393. The van der Waals surface area contributed by atoms with E-state index in [1.54, 1.807) is 0 Å². The molecule has 0 radical (unpaired) electrons. The Bertz CT molecular complexity index is 404. The summed E-state index contributed by atoms with van der Waals surface area (Å²) in [5.74, 6) is 0.497. The minimum Gasteiger partial charge on any atom is -0.396 e. The van der Waals surface area contributed by atoms with Gasteiger partial charge in [0.15, 0.2) is 0 Å². The van der Waals surface area contributed by atoms with Gasteiger partial charge in [-0.3, -0.25) is 4.68 Å². The third-order valence-electron chi connectivity index (χ3n) is 4.88. The van der Waals surface area contributed by atoms with E-state index in [1.807, 2.05) is 0 Å². The molecule has 3 rings (SSSR count). The number of hydrogen-bond acceptors (Lipinski definition) is 3. The smallest absolute Gasteiger partial charge is 0.0910 e. The SMILES string of the molecule is OCC1CCC(OCc2ccn(C3CCCC3)n2)CC1. The lowest BCUT2D eigenvalue weighted by Crippen LogP contribution is -2.23. The van der Waals surface area contributed by atoms with Crippen molar-refractivity contribution in [3.63, 3.8) is 0 Å². The number of rotatable bonds is 5. The van der Waals surface area contributed by atoms with Gasteiger partial charge in [0, 0.05) is 12.8 Å². The van der Waals surface area contributed by atoms with Crippen LogP contribution in [0.4, 0.5) is 0 Å². The molecule has 2 fully saturated rings. The van der Waals surface area contributed by atoms with Crippen LogP contribution in [0, 0.1) is 5.92 Å². The van der Waals surface area contributed by atoms with Crippen LogP contribution in [0.5, 0.6) is 0 Å². The molecular weight excluding hydrogens is 252 g/mol. The molecule has 2 aliphatic rings. The molecular formula is C16H26N2O2. The fraction of sp³-hybridized carbons (Fsp3) is 0.812. The van der Waals surface area contributed by atoms with Gasteiger partial charge in [0.1, 0.15) is 0 Å². The van der Waals surface area contributed by atoms with E-state index in [1.165, 1.54) is 25.7 Å². The number of aromatic nitrogens is 2. The third kappa shape index (κ3) is 3.41. The molecule has 0 unspecified atom stereocenters. The van der Waals surface area contributed by atoms with E-state index < -0.39 is 0 Å². The van der Waals surface area contributed by atoms with Crippen LogP contribution < -0.4 is 0 Å². The van der Waals surface area contributed by atoms with Crippen molar-refractivity contribution >= 4 is 0 Å². The summed E-state index contributed by atoms with van der Waals surface area (Å²) in [7, 11) is 0. The Balaban J connectivity index is 1.44. The predicted octanol–water partition coefficient (Wildman–Crippen LogP) is 3.07. The predicted molar refractivity (Wildman–Crippen MR) is 77.4 cm³/mol. The monoisotopic (exact) mass is 278 g/mol. The molecule has 20 heavy (non-hydrogen) atoms. The van der Waals surface area contributed by atoms with Crippen molar-refractivity contribution in [3.05, 3.63) is 18.0 Å². The largest absolute Gasteiger partial charge is 0.396 e. The zero-order chi connectivity index (χ0) is 13.8. The van der Waals surface area contributed by atoms with Gasteiger partial charge in [-0.05, 0) is 50.5 Å². The van der Waals surface area contributed by atoms with Crippen molar-refractivity contribution in [3.8, 4) is 0 Å². The summed E-state index contributed by atoms with van der Waals surface area (Å²) in [5.41, 5.74) is 1.06. The van der Waals surface area contributed by atoms with Gasteiger partial charge in [-0.25, -0.2) is 0 Å². The second kappa shape index (κ2) is 6.72. The summed E-state index contributed by atoms with van der Waals surface area (Å²) in [6, 6.07) is 2.71. The maximum atomic E-state index is 9.14. The van der Waals surface area contributed by atoms with Crippen LogP contribution in [0.1, 0.15) is 63.1 Å². The molecule has 0 amide bonds. The molecule has 1 aromatic heterocycles. The van der Waals surface area contributed by atoms with Gasteiger partial charge in [0.25, 0.3) is 0 Å². The topological polar surface area (TPSA) is 47.3 Å². The van der Waals surface area contributed by atoms with E-state index >= 15 is 0 Å². The van der Waals surface area contributed by atoms with E-state index in [-0.39, 0.29) is 0 Å². The minimum absolute atomic E-state index is 0.332. The van der Waals surface area contributed by atoms with Crippen molar-refractivity contribution in [1.82, 2.24) is 9.78 Å². The van der Waals surface area contributed by atoms with Crippen LogP contribution >= 0.6 is 0 Å². The second-order valence-electron chi connectivity index (χ2n) is 6.36. The lowest BCUT2D eigenvalue weighted by Gasteiger charge is -2.27. The van der Waals surface area contributed by atoms with Gasteiger partial charge in [-0.15, -0.1) is 0 Å². The lowest BCUT2D eigenvalue weighted by atomic mass is 9.88. The maximum absolute atomic E-state index is 9.14. The fourth-order valence-corrected chi connectivity index (χ4v) is 3.51. The van der Waals surface area contributed by atoms with Crippen LogP contribution in [-0.2, 0) is 11.3 Å². The Morgan fingerprint density at radius 1 is 1.15 bits per heavy atom. The molecule has 1 N–H and O–H groups in total. The number of nitrogens with zero attached hydrogens (tertiary/aromatic N) is 2. The van der Waals surface area contributed by atoms with E-state index in [9.17, 15) is 0 Å². The Labute approximate surface area is 121 Å². The summed E-state index contributed by atoms with van der Waals surface area (Å²) in [5, 5.41) is 13.8. The molecule has 4 nitrogen and oxygen atoms in total. The number of aliphatic hydroxyl groups is 1. The Kier molecular flexibility index (Phi) is 4.73. The molecule has 0 saturated heterocycles. The molecule has 1 aromatic rings. The second-order valence-corrected chi connectivity index (χ2v) is 6.36. The maximum Gasteiger partial charge on any atom is 0.0910 e. The number of ether oxygens (including phenoxy) is 1. The normalized spacial score (nSPS) is 28.1. The first-order chi connectivity index (χ1) is 9.85. The molecule has 0 bridgehead atoms. The van der Waals surface area contributed by atoms with Crippen molar-refractivity contribution in [2.24, 2.45) is 5.92 Å². The van der Waals surface area contributed by atoms with Crippen LogP contribution in [0.3, 0.4) is 0 Å². The quantitative estimate of drug-likeness (QED) is 0.900. The Hall–Kier alpha value is -0.870.